The van der Waals surface area contributed by atoms with Crippen molar-refractivity contribution in [2.75, 3.05) is 23.7 Å². The van der Waals surface area contributed by atoms with Gasteiger partial charge in [-0.15, -0.1) is 0 Å². The summed E-state index contributed by atoms with van der Waals surface area (Å²) in [5, 5.41) is 9.24. The molecule has 19 heavy (non-hydrogen) atoms. The second-order valence-electron chi connectivity index (χ2n) is 4.49. The number of anilines is 2. The Bertz CT molecular complexity index is 395. The van der Waals surface area contributed by atoms with Crippen LogP contribution in [-0.4, -0.2) is 30.0 Å². The van der Waals surface area contributed by atoms with Crippen molar-refractivity contribution in [2.24, 2.45) is 0 Å². The topological polar surface area (TPSA) is 66.0 Å². The van der Waals surface area contributed by atoms with Crippen LogP contribution in [0.5, 0.6) is 0 Å². The van der Waals surface area contributed by atoms with E-state index >= 15 is 0 Å². The predicted octanol–water partition coefficient (Wildman–Crippen LogP) is 2.23. The van der Waals surface area contributed by atoms with Crippen molar-refractivity contribution in [3.63, 3.8) is 0 Å². The molecular weight excluding hydrogens is 240 g/mol. The molecule has 1 aromatic heterocycles. The highest BCUT2D eigenvalue weighted by molar-refractivity contribution is 5.76. The first-order chi connectivity index (χ1) is 9.15. The molecule has 1 rings (SSSR count). The summed E-state index contributed by atoms with van der Waals surface area (Å²) < 4.78 is 0. The number of rotatable bonds is 8. The molecule has 0 aromatic carbocycles. The highest BCUT2D eigenvalue weighted by Gasteiger charge is 2.05. The standard InChI is InChI=1S/C14H24N4O/c1-4-11(3)17-14(19)9-10-16-13-8-6-7-12(18-13)15-5-2/h6-8,11H,4-5,9-10H2,1-3H3,(H,17,19)(H2,15,16,18). The Kier molecular flexibility index (Phi) is 6.71. The highest BCUT2D eigenvalue weighted by atomic mass is 16.1. The van der Waals surface area contributed by atoms with Gasteiger partial charge < -0.3 is 16.0 Å². The molecule has 3 N–H and O–H groups in total. The van der Waals surface area contributed by atoms with Gasteiger partial charge in [0.1, 0.15) is 11.6 Å². The lowest BCUT2D eigenvalue weighted by Crippen LogP contribution is -2.33. The molecule has 1 atom stereocenters. The summed E-state index contributed by atoms with van der Waals surface area (Å²) in [5.74, 6) is 1.70. The van der Waals surface area contributed by atoms with E-state index in [1.807, 2.05) is 32.0 Å². The van der Waals surface area contributed by atoms with Gasteiger partial charge in [-0.2, -0.15) is 0 Å². The van der Waals surface area contributed by atoms with E-state index in [2.05, 4.69) is 27.9 Å². The smallest absolute Gasteiger partial charge is 0.221 e. The lowest BCUT2D eigenvalue weighted by Gasteiger charge is -2.12. The van der Waals surface area contributed by atoms with Crippen LogP contribution in [0.3, 0.4) is 0 Å². The number of pyridine rings is 1. The quantitative estimate of drug-likeness (QED) is 0.673. The summed E-state index contributed by atoms with van der Waals surface area (Å²) >= 11 is 0. The zero-order valence-electron chi connectivity index (χ0n) is 12.0. The first-order valence-corrected chi connectivity index (χ1v) is 6.89. The van der Waals surface area contributed by atoms with Crippen LogP contribution < -0.4 is 16.0 Å². The molecule has 1 unspecified atom stereocenters. The molecular formula is C14H24N4O. The zero-order valence-corrected chi connectivity index (χ0v) is 12.0. The average molecular weight is 264 g/mol. The summed E-state index contributed by atoms with van der Waals surface area (Å²) in [4.78, 5) is 16.0. The Labute approximate surface area is 115 Å². The second kappa shape index (κ2) is 8.34. The zero-order chi connectivity index (χ0) is 14.1. The molecule has 1 heterocycles. The number of aromatic nitrogens is 1. The molecule has 5 nitrogen and oxygen atoms in total. The Morgan fingerprint density at radius 1 is 1.26 bits per heavy atom. The van der Waals surface area contributed by atoms with Crippen LogP contribution >= 0.6 is 0 Å². The molecule has 5 heteroatoms. The molecule has 0 radical (unpaired) electrons. The molecule has 0 fully saturated rings. The van der Waals surface area contributed by atoms with Crippen LogP contribution in [0.1, 0.15) is 33.6 Å². The molecule has 0 saturated heterocycles. The van der Waals surface area contributed by atoms with Crippen molar-refractivity contribution < 1.29 is 4.79 Å². The maximum atomic E-state index is 11.6. The molecule has 0 aliphatic carbocycles. The van der Waals surface area contributed by atoms with Gasteiger partial charge in [0, 0.05) is 25.6 Å². The summed E-state index contributed by atoms with van der Waals surface area (Å²) in [6.45, 7) is 7.52. The lowest BCUT2D eigenvalue weighted by atomic mass is 10.2. The number of carbonyl (C=O) groups is 1. The maximum Gasteiger partial charge on any atom is 0.221 e. The van der Waals surface area contributed by atoms with Crippen molar-refractivity contribution in [1.29, 1.82) is 0 Å². The van der Waals surface area contributed by atoms with Crippen LogP contribution in [0.2, 0.25) is 0 Å². The Morgan fingerprint density at radius 3 is 2.58 bits per heavy atom. The third-order valence-electron chi connectivity index (χ3n) is 2.78. The molecule has 0 saturated carbocycles. The minimum Gasteiger partial charge on any atom is -0.370 e. The SMILES string of the molecule is CCNc1cccc(NCCC(=O)NC(C)CC)n1. The molecule has 0 spiro atoms. The third kappa shape index (κ3) is 6.08. The summed E-state index contributed by atoms with van der Waals surface area (Å²) in [5.41, 5.74) is 0. The Hall–Kier alpha value is -1.78. The van der Waals surface area contributed by atoms with Gasteiger partial charge in [-0.3, -0.25) is 4.79 Å². The van der Waals surface area contributed by atoms with E-state index in [0.29, 0.717) is 13.0 Å². The van der Waals surface area contributed by atoms with Crippen molar-refractivity contribution in [2.45, 2.75) is 39.7 Å². The fraction of sp³-hybridized carbons (Fsp3) is 0.571. The molecule has 106 valence electrons. The van der Waals surface area contributed by atoms with Gasteiger partial charge in [-0.1, -0.05) is 13.0 Å². The number of nitrogens with zero attached hydrogens (tertiary/aromatic N) is 1. The molecule has 0 aliphatic heterocycles. The number of nitrogens with one attached hydrogen (secondary N) is 3. The molecule has 1 amide bonds. The number of hydrogen-bond acceptors (Lipinski definition) is 4. The number of carbonyl (C=O) groups excluding carboxylic acids is 1. The van der Waals surface area contributed by atoms with E-state index in [4.69, 9.17) is 0 Å². The van der Waals surface area contributed by atoms with Gasteiger partial charge >= 0.3 is 0 Å². The van der Waals surface area contributed by atoms with Crippen molar-refractivity contribution in [1.82, 2.24) is 10.3 Å². The first-order valence-electron chi connectivity index (χ1n) is 6.89. The summed E-state index contributed by atoms with van der Waals surface area (Å²) in [6, 6.07) is 5.99. The Balaban J connectivity index is 2.32. The lowest BCUT2D eigenvalue weighted by molar-refractivity contribution is -0.121. The van der Waals surface area contributed by atoms with Crippen LogP contribution in [-0.2, 0) is 4.79 Å². The van der Waals surface area contributed by atoms with E-state index in [-0.39, 0.29) is 11.9 Å². The van der Waals surface area contributed by atoms with Crippen LogP contribution in [0, 0.1) is 0 Å². The molecule has 1 aromatic rings. The van der Waals surface area contributed by atoms with Crippen LogP contribution in [0.25, 0.3) is 0 Å². The van der Waals surface area contributed by atoms with Crippen molar-refractivity contribution in [3.8, 4) is 0 Å². The maximum absolute atomic E-state index is 11.6. The van der Waals surface area contributed by atoms with E-state index < -0.39 is 0 Å². The van der Waals surface area contributed by atoms with Gasteiger partial charge in [0.15, 0.2) is 0 Å². The fourth-order valence-electron chi connectivity index (χ4n) is 1.57. The predicted molar refractivity (Wildman–Crippen MR) is 79.4 cm³/mol. The molecule has 0 aliphatic rings. The van der Waals surface area contributed by atoms with Crippen molar-refractivity contribution >= 4 is 17.5 Å². The van der Waals surface area contributed by atoms with Crippen LogP contribution in [0.4, 0.5) is 11.6 Å². The average Bonchev–Trinajstić information content (AvgIpc) is 2.39. The van der Waals surface area contributed by atoms with E-state index in [1.54, 1.807) is 0 Å². The first kappa shape index (κ1) is 15.3. The summed E-state index contributed by atoms with van der Waals surface area (Å²) in [7, 11) is 0. The van der Waals surface area contributed by atoms with E-state index in [9.17, 15) is 4.79 Å². The van der Waals surface area contributed by atoms with Crippen LogP contribution in [0.15, 0.2) is 18.2 Å². The van der Waals surface area contributed by atoms with E-state index in [0.717, 1.165) is 24.6 Å². The Morgan fingerprint density at radius 2 is 1.95 bits per heavy atom. The summed E-state index contributed by atoms with van der Waals surface area (Å²) in [6.07, 6.45) is 1.41. The minimum absolute atomic E-state index is 0.0738. The largest absolute Gasteiger partial charge is 0.370 e. The van der Waals surface area contributed by atoms with Crippen molar-refractivity contribution in [3.05, 3.63) is 18.2 Å². The highest BCUT2D eigenvalue weighted by Crippen LogP contribution is 2.08. The van der Waals surface area contributed by atoms with E-state index in [1.165, 1.54) is 0 Å². The number of hydrogen-bond donors (Lipinski definition) is 3. The molecule has 0 bridgehead atoms. The third-order valence-corrected chi connectivity index (χ3v) is 2.78. The van der Waals surface area contributed by atoms with Gasteiger partial charge in [0.25, 0.3) is 0 Å². The normalized spacial score (nSPS) is 11.7. The number of amides is 1. The van der Waals surface area contributed by atoms with Gasteiger partial charge in [0.05, 0.1) is 0 Å². The van der Waals surface area contributed by atoms with Gasteiger partial charge in [0.2, 0.25) is 5.91 Å². The second-order valence-corrected chi connectivity index (χ2v) is 4.49. The minimum atomic E-state index is 0.0738. The monoisotopic (exact) mass is 264 g/mol. The fourth-order valence-corrected chi connectivity index (χ4v) is 1.57. The van der Waals surface area contributed by atoms with Gasteiger partial charge in [-0.05, 0) is 32.4 Å². The van der Waals surface area contributed by atoms with Gasteiger partial charge in [-0.25, -0.2) is 4.98 Å².